The van der Waals surface area contributed by atoms with E-state index in [1.807, 2.05) is 79.7 Å². The predicted molar refractivity (Wildman–Crippen MR) is 116 cm³/mol. The maximum absolute atomic E-state index is 12.0. The summed E-state index contributed by atoms with van der Waals surface area (Å²) in [6.07, 6.45) is 0. The number of carbonyl (C=O) groups excluding carboxylic acids is 2. The van der Waals surface area contributed by atoms with Gasteiger partial charge in [-0.25, -0.2) is 4.79 Å². The van der Waals surface area contributed by atoms with E-state index < -0.39 is 5.97 Å². The molecule has 2 N–H and O–H groups in total. The topological polar surface area (TPSA) is 76.7 Å². The largest absolute Gasteiger partial charge is 0.482 e. The SMILES string of the molecule is C[C@@H](NC(=O)COC(=O)COc1ccc(Nc2ccccc2)cc1)c1ccccc1. The van der Waals surface area contributed by atoms with E-state index in [-0.39, 0.29) is 25.2 Å². The van der Waals surface area contributed by atoms with Gasteiger partial charge in [0.1, 0.15) is 5.75 Å². The van der Waals surface area contributed by atoms with Crippen LogP contribution in [0.5, 0.6) is 5.75 Å². The molecule has 0 heterocycles. The highest BCUT2D eigenvalue weighted by molar-refractivity contribution is 5.81. The van der Waals surface area contributed by atoms with Gasteiger partial charge in [-0.2, -0.15) is 0 Å². The first-order valence-electron chi connectivity index (χ1n) is 9.65. The van der Waals surface area contributed by atoms with Crippen molar-refractivity contribution in [3.8, 4) is 5.75 Å². The lowest BCUT2D eigenvalue weighted by Crippen LogP contribution is -2.31. The quantitative estimate of drug-likeness (QED) is 0.522. The van der Waals surface area contributed by atoms with Gasteiger partial charge in [0.25, 0.3) is 5.91 Å². The molecule has 0 fully saturated rings. The van der Waals surface area contributed by atoms with Crippen LogP contribution in [0.4, 0.5) is 11.4 Å². The molecule has 0 aliphatic heterocycles. The lowest BCUT2D eigenvalue weighted by molar-refractivity contribution is -0.150. The molecule has 0 spiro atoms. The average Bonchev–Trinajstić information content (AvgIpc) is 2.78. The first kappa shape index (κ1) is 20.9. The Morgan fingerprint density at radius 1 is 0.800 bits per heavy atom. The minimum absolute atomic E-state index is 0.170. The van der Waals surface area contributed by atoms with E-state index in [2.05, 4.69) is 10.6 Å². The Morgan fingerprint density at radius 3 is 2.07 bits per heavy atom. The normalized spacial score (nSPS) is 11.2. The van der Waals surface area contributed by atoms with Gasteiger partial charge in [0.2, 0.25) is 0 Å². The molecule has 6 heteroatoms. The Labute approximate surface area is 175 Å². The molecule has 0 unspecified atom stereocenters. The summed E-state index contributed by atoms with van der Waals surface area (Å²) in [6, 6.07) is 26.4. The second kappa shape index (κ2) is 10.7. The Kier molecular flexibility index (Phi) is 7.44. The average molecular weight is 404 g/mol. The van der Waals surface area contributed by atoms with Crippen LogP contribution >= 0.6 is 0 Å². The van der Waals surface area contributed by atoms with Crippen LogP contribution in [0.2, 0.25) is 0 Å². The summed E-state index contributed by atoms with van der Waals surface area (Å²) < 4.78 is 10.4. The number of ether oxygens (including phenoxy) is 2. The van der Waals surface area contributed by atoms with Gasteiger partial charge >= 0.3 is 5.97 Å². The third-order valence-corrected chi connectivity index (χ3v) is 4.31. The van der Waals surface area contributed by atoms with Crippen LogP contribution < -0.4 is 15.4 Å². The number of nitrogens with one attached hydrogen (secondary N) is 2. The van der Waals surface area contributed by atoms with Gasteiger partial charge in [-0.3, -0.25) is 4.79 Å². The Balaban J connectivity index is 1.37. The summed E-state index contributed by atoms with van der Waals surface area (Å²) in [5, 5.41) is 6.05. The Morgan fingerprint density at radius 2 is 1.40 bits per heavy atom. The summed E-state index contributed by atoms with van der Waals surface area (Å²) in [5.74, 6) is -0.437. The lowest BCUT2D eigenvalue weighted by atomic mass is 10.1. The summed E-state index contributed by atoms with van der Waals surface area (Å²) in [4.78, 5) is 23.8. The van der Waals surface area contributed by atoms with Gasteiger partial charge in [0.15, 0.2) is 13.2 Å². The first-order chi connectivity index (χ1) is 14.6. The first-order valence-corrected chi connectivity index (χ1v) is 9.65. The van der Waals surface area contributed by atoms with Gasteiger partial charge in [-0.1, -0.05) is 48.5 Å². The van der Waals surface area contributed by atoms with Crippen molar-refractivity contribution >= 4 is 23.3 Å². The Hall–Kier alpha value is -3.80. The highest BCUT2D eigenvalue weighted by Crippen LogP contribution is 2.19. The second-order valence-corrected chi connectivity index (χ2v) is 6.66. The minimum Gasteiger partial charge on any atom is -0.482 e. The molecular formula is C24H24N2O4. The van der Waals surface area contributed by atoms with E-state index in [1.165, 1.54) is 0 Å². The number of carbonyl (C=O) groups is 2. The third kappa shape index (κ3) is 6.67. The molecular weight excluding hydrogens is 380 g/mol. The summed E-state index contributed by atoms with van der Waals surface area (Å²) in [5.41, 5.74) is 2.86. The van der Waals surface area contributed by atoms with Crippen LogP contribution in [0.3, 0.4) is 0 Å². The molecule has 0 bridgehead atoms. The smallest absolute Gasteiger partial charge is 0.344 e. The van der Waals surface area contributed by atoms with E-state index in [0.717, 1.165) is 16.9 Å². The zero-order valence-electron chi connectivity index (χ0n) is 16.7. The van der Waals surface area contributed by atoms with E-state index >= 15 is 0 Å². The third-order valence-electron chi connectivity index (χ3n) is 4.31. The maximum atomic E-state index is 12.0. The van der Waals surface area contributed by atoms with Gasteiger partial charge in [0, 0.05) is 11.4 Å². The number of hydrogen-bond donors (Lipinski definition) is 2. The van der Waals surface area contributed by atoms with E-state index in [1.54, 1.807) is 12.1 Å². The summed E-state index contributed by atoms with van der Waals surface area (Å²) >= 11 is 0. The predicted octanol–water partition coefficient (Wildman–Crippen LogP) is 4.23. The monoisotopic (exact) mass is 404 g/mol. The van der Waals surface area contributed by atoms with E-state index in [9.17, 15) is 9.59 Å². The van der Waals surface area contributed by atoms with Gasteiger partial charge in [-0.05, 0) is 48.9 Å². The van der Waals surface area contributed by atoms with E-state index in [0.29, 0.717) is 5.75 Å². The molecule has 30 heavy (non-hydrogen) atoms. The van der Waals surface area contributed by atoms with Crippen molar-refractivity contribution in [1.29, 1.82) is 0 Å². The van der Waals surface area contributed by atoms with Crippen molar-refractivity contribution in [3.05, 3.63) is 90.5 Å². The van der Waals surface area contributed by atoms with Crippen molar-refractivity contribution in [2.75, 3.05) is 18.5 Å². The van der Waals surface area contributed by atoms with Crippen LogP contribution in [0.25, 0.3) is 0 Å². The second-order valence-electron chi connectivity index (χ2n) is 6.66. The minimum atomic E-state index is -0.607. The van der Waals surface area contributed by atoms with Gasteiger partial charge < -0.3 is 20.1 Å². The van der Waals surface area contributed by atoms with Crippen LogP contribution in [0.15, 0.2) is 84.9 Å². The number of anilines is 2. The molecule has 1 amide bonds. The van der Waals surface area contributed by atoms with Crippen molar-refractivity contribution < 1.29 is 19.1 Å². The van der Waals surface area contributed by atoms with E-state index in [4.69, 9.17) is 9.47 Å². The Bertz CT molecular complexity index is 944. The molecule has 0 saturated heterocycles. The van der Waals surface area contributed by atoms with Crippen LogP contribution in [0, 0.1) is 0 Å². The number of para-hydroxylation sites is 1. The highest BCUT2D eigenvalue weighted by Gasteiger charge is 2.12. The summed E-state index contributed by atoms with van der Waals surface area (Å²) in [7, 11) is 0. The zero-order chi connectivity index (χ0) is 21.2. The number of amides is 1. The highest BCUT2D eigenvalue weighted by atomic mass is 16.6. The molecule has 3 aromatic carbocycles. The summed E-state index contributed by atoms with van der Waals surface area (Å²) in [6.45, 7) is 1.25. The molecule has 3 aromatic rings. The molecule has 154 valence electrons. The number of esters is 1. The maximum Gasteiger partial charge on any atom is 0.344 e. The molecule has 6 nitrogen and oxygen atoms in total. The molecule has 0 saturated carbocycles. The van der Waals surface area contributed by atoms with Gasteiger partial charge in [-0.15, -0.1) is 0 Å². The zero-order valence-corrected chi connectivity index (χ0v) is 16.7. The molecule has 0 radical (unpaired) electrons. The fourth-order valence-corrected chi connectivity index (χ4v) is 2.76. The molecule has 0 aliphatic rings. The molecule has 0 aliphatic carbocycles. The molecule has 3 rings (SSSR count). The molecule has 1 atom stereocenters. The fraction of sp³-hybridized carbons (Fsp3) is 0.167. The van der Waals surface area contributed by atoms with Crippen LogP contribution in [-0.2, 0) is 14.3 Å². The van der Waals surface area contributed by atoms with Gasteiger partial charge in [0.05, 0.1) is 6.04 Å². The number of benzene rings is 3. The number of rotatable bonds is 9. The molecule has 0 aromatic heterocycles. The standard InChI is InChI=1S/C24H24N2O4/c1-18(19-8-4-2-5-9-19)25-23(27)16-30-24(28)17-29-22-14-12-21(13-15-22)26-20-10-6-3-7-11-20/h2-15,18,26H,16-17H2,1H3,(H,25,27)/t18-/m1/s1. The van der Waals surface area contributed by atoms with Crippen LogP contribution in [0.1, 0.15) is 18.5 Å². The van der Waals surface area contributed by atoms with Crippen molar-refractivity contribution in [1.82, 2.24) is 5.32 Å². The van der Waals surface area contributed by atoms with Crippen molar-refractivity contribution in [3.63, 3.8) is 0 Å². The number of hydrogen-bond acceptors (Lipinski definition) is 5. The van der Waals surface area contributed by atoms with Crippen molar-refractivity contribution in [2.24, 2.45) is 0 Å². The van der Waals surface area contributed by atoms with Crippen LogP contribution in [-0.4, -0.2) is 25.1 Å². The van der Waals surface area contributed by atoms with Crippen molar-refractivity contribution in [2.45, 2.75) is 13.0 Å². The fourth-order valence-electron chi connectivity index (χ4n) is 2.76. The lowest BCUT2D eigenvalue weighted by Gasteiger charge is -2.14.